The predicted molar refractivity (Wildman–Crippen MR) is 78.1 cm³/mol. The maximum absolute atomic E-state index is 14.2. The number of hydrogen-bond donors (Lipinski definition) is 1. The summed E-state index contributed by atoms with van der Waals surface area (Å²) in [5.74, 6) is -1.47. The zero-order valence-corrected chi connectivity index (χ0v) is 11.9. The summed E-state index contributed by atoms with van der Waals surface area (Å²) < 4.78 is 27.7. The van der Waals surface area contributed by atoms with Gasteiger partial charge >= 0.3 is 0 Å². The number of aryl methyl sites for hydroxylation is 1. The fourth-order valence-corrected chi connectivity index (χ4v) is 3.22. The zero-order valence-electron chi connectivity index (χ0n) is 11.9. The summed E-state index contributed by atoms with van der Waals surface area (Å²) in [6.45, 7) is 2.66. The van der Waals surface area contributed by atoms with E-state index in [0.717, 1.165) is 24.6 Å². The molecule has 110 valence electrons. The highest BCUT2D eigenvalue weighted by Gasteiger charge is 2.33. The lowest BCUT2D eigenvalue weighted by molar-refractivity contribution is 0.414. The smallest absolute Gasteiger partial charge is 0.163 e. The molecule has 1 aromatic heterocycles. The van der Waals surface area contributed by atoms with Crippen LogP contribution in [0.2, 0.25) is 0 Å². The Bertz CT molecular complexity index is 642. The first-order chi connectivity index (χ1) is 10.2. The summed E-state index contributed by atoms with van der Waals surface area (Å²) in [6.07, 6.45) is 3.61. The Hall–Kier alpha value is -1.81. The number of benzene rings is 1. The second kappa shape index (κ2) is 5.90. The van der Waals surface area contributed by atoms with Crippen molar-refractivity contribution in [3.05, 3.63) is 65.0 Å². The number of pyridine rings is 1. The average molecular weight is 288 g/mol. The highest BCUT2D eigenvalue weighted by Crippen LogP contribution is 2.41. The molecule has 0 saturated heterocycles. The van der Waals surface area contributed by atoms with Gasteiger partial charge in [-0.15, -0.1) is 0 Å². The summed E-state index contributed by atoms with van der Waals surface area (Å²) in [5.41, 5.74) is 2.61. The molecule has 0 spiro atoms. The van der Waals surface area contributed by atoms with E-state index in [1.165, 1.54) is 5.56 Å². The predicted octanol–water partition coefficient (Wildman–Crippen LogP) is 3.74. The summed E-state index contributed by atoms with van der Waals surface area (Å²) in [7, 11) is 0. The van der Waals surface area contributed by atoms with Crippen molar-refractivity contribution in [3.63, 3.8) is 0 Å². The molecule has 1 aliphatic carbocycles. The lowest BCUT2D eigenvalue weighted by Crippen LogP contribution is -2.27. The van der Waals surface area contributed by atoms with Gasteiger partial charge in [-0.05, 0) is 37.1 Å². The highest BCUT2D eigenvalue weighted by atomic mass is 19.2. The van der Waals surface area contributed by atoms with Crippen LogP contribution in [-0.4, -0.2) is 11.5 Å². The molecule has 1 heterocycles. The molecule has 4 heteroatoms. The van der Waals surface area contributed by atoms with Gasteiger partial charge in [0.15, 0.2) is 11.6 Å². The standard InChI is InChI=1S/C17H18F2N2/c1-2-20-17(12-6-3-7-14(18)15(12)19)13-9-8-11-5-4-10-21-16(11)13/h3-7,10,13,17,20H,2,8-9H2,1H3. The Labute approximate surface area is 123 Å². The van der Waals surface area contributed by atoms with Crippen molar-refractivity contribution < 1.29 is 8.78 Å². The van der Waals surface area contributed by atoms with Gasteiger partial charge in [0.05, 0.1) is 0 Å². The molecular formula is C17H18F2N2. The minimum Gasteiger partial charge on any atom is -0.310 e. The SMILES string of the molecule is CCNC(c1cccc(F)c1F)C1CCc2cccnc21. The first-order valence-electron chi connectivity index (χ1n) is 7.33. The Morgan fingerprint density at radius 1 is 1.29 bits per heavy atom. The minimum absolute atomic E-state index is 0.0810. The van der Waals surface area contributed by atoms with E-state index in [9.17, 15) is 8.78 Å². The fraction of sp³-hybridized carbons (Fsp3) is 0.353. The number of aromatic nitrogens is 1. The number of halogens is 2. The molecule has 1 N–H and O–H groups in total. The van der Waals surface area contributed by atoms with Crippen molar-refractivity contribution in [2.45, 2.75) is 31.7 Å². The van der Waals surface area contributed by atoms with Crippen LogP contribution in [0.15, 0.2) is 36.5 Å². The van der Waals surface area contributed by atoms with Gasteiger partial charge < -0.3 is 5.32 Å². The third-order valence-electron chi connectivity index (χ3n) is 4.14. The van der Waals surface area contributed by atoms with Crippen molar-refractivity contribution in [3.8, 4) is 0 Å². The lowest BCUT2D eigenvalue weighted by Gasteiger charge is -2.25. The van der Waals surface area contributed by atoms with E-state index >= 15 is 0 Å². The summed E-state index contributed by atoms with van der Waals surface area (Å²) in [4.78, 5) is 4.47. The van der Waals surface area contributed by atoms with E-state index in [1.54, 1.807) is 18.3 Å². The lowest BCUT2D eigenvalue weighted by atomic mass is 9.90. The van der Waals surface area contributed by atoms with Crippen molar-refractivity contribution in [1.29, 1.82) is 0 Å². The van der Waals surface area contributed by atoms with Gasteiger partial charge in [0.2, 0.25) is 0 Å². The van der Waals surface area contributed by atoms with Crippen LogP contribution in [0.3, 0.4) is 0 Å². The number of fused-ring (bicyclic) bond motifs is 1. The molecule has 1 aromatic carbocycles. The van der Waals surface area contributed by atoms with Crippen LogP contribution in [0, 0.1) is 11.6 Å². The van der Waals surface area contributed by atoms with E-state index in [1.807, 2.05) is 13.0 Å². The third-order valence-corrected chi connectivity index (χ3v) is 4.14. The van der Waals surface area contributed by atoms with Crippen LogP contribution < -0.4 is 5.32 Å². The van der Waals surface area contributed by atoms with Gasteiger partial charge in [-0.1, -0.05) is 25.1 Å². The van der Waals surface area contributed by atoms with Crippen LogP contribution >= 0.6 is 0 Å². The molecule has 0 aliphatic heterocycles. The van der Waals surface area contributed by atoms with E-state index < -0.39 is 11.6 Å². The molecule has 1 aliphatic rings. The molecule has 2 aromatic rings. The second-order valence-corrected chi connectivity index (χ2v) is 5.37. The van der Waals surface area contributed by atoms with Gasteiger partial charge in [0, 0.05) is 29.4 Å². The average Bonchev–Trinajstić information content (AvgIpc) is 2.92. The Kier molecular flexibility index (Phi) is 3.97. The molecule has 0 bridgehead atoms. The second-order valence-electron chi connectivity index (χ2n) is 5.37. The normalized spacial score (nSPS) is 18.5. The van der Waals surface area contributed by atoms with Crippen molar-refractivity contribution in [2.24, 2.45) is 0 Å². The molecule has 2 atom stereocenters. The van der Waals surface area contributed by atoms with E-state index in [4.69, 9.17) is 0 Å². The van der Waals surface area contributed by atoms with Gasteiger partial charge in [0.25, 0.3) is 0 Å². The van der Waals surface area contributed by atoms with E-state index in [2.05, 4.69) is 16.4 Å². The van der Waals surface area contributed by atoms with Crippen LogP contribution in [0.1, 0.15) is 42.1 Å². The van der Waals surface area contributed by atoms with Gasteiger partial charge in [-0.2, -0.15) is 0 Å². The van der Waals surface area contributed by atoms with E-state index in [-0.39, 0.29) is 12.0 Å². The van der Waals surface area contributed by atoms with Gasteiger partial charge in [0.1, 0.15) is 0 Å². The largest absolute Gasteiger partial charge is 0.310 e. The number of hydrogen-bond acceptors (Lipinski definition) is 2. The molecule has 0 radical (unpaired) electrons. The topological polar surface area (TPSA) is 24.9 Å². The van der Waals surface area contributed by atoms with Crippen LogP contribution in [-0.2, 0) is 6.42 Å². The van der Waals surface area contributed by atoms with Crippen LogP contribution in [0.5, 0.6) is 0 Å². The zero-order chi connectivity index (χ0) is 14.8. The maximum atomic E-state index is 14.2. The Balaban J connectivity index is 2.02. The molecule has 3 rings (SSSR count). The minimum atomic E-state index is -0.797. The van der Waals surface area contributed by atoms with Crippen molar-refractivity contribution in [1.82, 2.24) is 10.3 Å². The van der Waals surface area contributed by atoms with Crippen LogP contribution in [0.25, 0.3) is 0 Å². The first kappa shape index (κ1) is 14.1. The number of nitrogens with zero attached hydrogens (tertiary/aromatic N) is 1. The summed E-state index contributed by atoms with van der Waals surface area (Å²) >= 11 is 0. The quantitative estimate of drug-likeness (QED) is 0.927. The monoisotopic (exact) mass is 288 g/mol. The summed E-state index contributed by atoms with van der Waals surface area (Å²) in [5, 5.41) is 3.30. The number of nitrogens with one attached hydrogen (secondary N) is 1. The summed E-state index contributed by atoms with van der Waals surface area (Å²) in [6, 6.07) is 8.11. The molecule has 2 unspecified atom stereocenters. The van der Waals surface area contributed by atoms with Crippen molar-refractivity contribution in [2.75, 3.05) is 6.54 Å². The molecule has 2 nitrogen and oxygen atoms in total. The highest BCUT2D eigenvalue weighted by molar-refractivity contribution is 5.34. The molecule has 0 saturated carbocycles. The van der Waals surface area contributed by atoms with Gasteiger partial charge in [-0.25, -0.2) is 8.78 Å². The molecule has 0 amide bonds. The Morgan fingerprint density at radius 2 is 2.14 bits per heavy atom. The van der Waals surface area contributed by atoms with Crippen molar-refractivity contribution >= 4 is 0 Å². The maximum Gasteiger partial charge on any atom is 0.163 e. The Morgan fingerprint density at radius 3 is 2.95 bits per heavy atom. The number of rotatable bonds is 4. The van der Waals surface area contributed by atoms with E-state index in [0.29, 0.717) is 12.1 Å². The number of likely N-dealkylation sites (N-methyl/N-ethyl adjacent to an activating group) is 1. The third kappa shape index (κ3) is 2.56. The molecular weight excluding hydrogens is 270 g/mol. The molecule has 0 fully saturated rings. The molecule has 21 heavy (non-hydrogen) atoms. The first-order valence-corrected chi connectivity index (χ1v) is 7.33. The fourth-order valence-electron chi connectivity index (χ4n) is 3.22. The van der Waals surface area contributed by atoms with Gasteiger partial charge in [-0.3, -0.25) is 4.98 Å². The van der Waals surface area contributed by atoms with Crippen LogP contribution in [0.4, 0.5) is 8.78 Å².